The molecule has 0 spiro atoms. The van der Waals surface area contributed by atoms with Crippen molar-refractivity contribution in [3.8, 4) is 21.7 Å². The highest BCUT2D eigenvalue weighted by molar-refractivity contribution is 7.14. The molecule has 3 aromatic heterocycles. The van der Waals surface area contributed by atoms with Crippen LogP contribution in [-0.2, 0) is 0 Å². The van der Waals surface area contributed by atoms with Crippen LogP contribution in [0.3, 0.4) is 0 Å². The summed E-state index contributed by atoms with van der Waals surface area (Å²) in [7, 11) is 0. The molecule has 4 heteroatoms. The van der Waals surface area contributed by atoms with Crippen LogP contribution in [0.2, 0.25) is 0 Å². The van der Waals surface area contributed by atoms with Crippen LogP contribution in [0.1, 0.15) is 0 Å². The van der Waals surface area contributed by atoms with Crippen LogP contribution < -0.4 is 0 Å². The van der Waals surface area contributed by atoms with Crippen LogP contribution in [0.15, 0.2) is 39.2 Å². The lowest BCUT2D eigenvalue weighted by molar-refractivity contribution is 1.42. The summed E-state index contributed by atoms with van der Waals surface area (Å²) in [5.74, 6) is 0. The standard InChI is InChI=1S/C11H7NS3/c1-3-13-5-8(1)10-11(15-7-12-10)9-2-4-14-6-9/h1-7H. The summed E-state index contributed by atoms with van der Waals surface area (Å²) in [6.45, 7) is 0. The van der Waals surface area contributed by atoms with Gasteiger partial charge in [-0.3, -0.25) is 0 Å². The van der Waals surface area contributed by atoms with E-state index in [4.69, 9.17) is 0 Å². The normalized spacial score (nSPS) is 10.7. The van der Waals surface area contributed by atoms with Crippen molar-refractivity contribution in [1.29, 1.82) is 0 Å². The molecular weight excluding hydrogens is 242 g/mol. The molecule has 0 aliphatic heterocycles. The fraction of sp³-hybridized carbons (Fsp3) is 0. The van der Waals surface area contributed by atoms with Crippen molar-refractivity contribution in [2.45, 2.75) is 0 Å². The fourth-order valence-electron chi connectivity index (χ4n) is 1.45. The van der Waals surface area contributed by atoms with Crippen LogP contribution in [-0.4, -0.2) is 4.98 Å². The Hall–Kier alpha value is -0.970. The summed E-state index contributed by atoms with van der Waals surface area (Å²) in [5.41, 5.74) is 5.53. The van der Waals surface area contributed by atoms with E-state index >= 15 is 0 Å². The van der Waals surface area contributed by atoms with Crippen molar-refractivity contribution >= 4 is 34.0 Å². The molecule has 3 heterocycles. The van der Waals surface area contributed by atoms with Crippen LogP contribution in [0.4, 0.5) is 0 Å². The number of thiophene rings is 2. The minimum Gasteiger partial charge on any atom is -0.244 e. The molecule has 0 bridgehead atoms. The van der Waals surface area contributed by atoms with Crippen LogP contribution >= 0.6 is 34.0 Å². The van der Waals surface area contributed by atoms with Gasteiger partial charge >= 0.3 is 0 Å². The van der Waals surface area contributed by atoms with Crippen molar-refractivity contribution in [2.75, 3.05) is 0 Å². The molecule has 0 N–H and O–H groups in total. The Morgan fingerprint density at radius 1 is 0.933 bits per heavy atom. The van der Waals surface area contributed by atoms with E-state index < -0.39 is 0 Å². The lowest BCUT2D eigenvalue weighted by atomic mass is 10.1. The second-order valence-electron chi connectivity index (χ2n) is 3.05. The van der Waals surface area contributed by atoms with Gasteiger partial charge in [0.1, 0.15) is 0 Å². The number of nitrogens with zero attached hydrogens (tertiary/aromatic N) is 1. The first-order chi connectivity index (χ1) is 7.45. The minimum absolute atomic E-state index is 1.11. The van der Waals surface area contributed by atoms with Gasteiger partial charge in [0.05, 0.1) is 16.1 Å². The molecule has 0 aromatic carbocycles. The number of hydrogen-bond acceptors (Lipinski definition) is 4. The molecule has 3 aromatic rings. The van der Waals surface area contributed by atoms with Gasteiger partial charge in [0.15, 0.2) is 0 Å². The van der Waals surface area contributed by atoms with Gasteiger partial charge in [-0.05, 0) is 28.3 Å². The van der Waals surface area contributed by atoms with Crippen LogP contribution in [0, 0.1) is 0 Å². The van der Waals surface area contributed by atoms with Gasteiger partial charge in [-0.15, -0.1) is 11.3 Å². The molecule has 0 saturated carbocycles. The van der Waals surface area contributed by atoms with E-state index in [0.717, 1.165) is 5.69 Å². The van der Waals surface area contributed by atoms with Gasteiger partial charge in [-0.1, -0.05) is 0 Å². The first-order valence-corrected chi connectivity index (χ1v) is 7.20. The third kappa shape index (κ3) is 1.65. The molecule has 0 aliphatic carbocycles. The first-order valence-electron chi connectivity index (χ1n) is 4.44. The summed E-state index contributed by atoms with van der Waals surface area (Å²) in [4.78, 5) is 5.72. The molecule has 0 fully saturated rings. The SMILES string of the molecule is c1cc(-c2ncsc2-c2ccsc2)cs1. The molecule has 0 aliphatic rings. The van der Waals surface area contributed by atoms with E-state index in [9.17, 15) is 0 Å². The first kappa shape index (κ1) is 9.27. The molecule has 3 rings (SSSR count). The zero-order valence-corrected chi connectivity index (χ0v) is 10.2. The second-order valence-corrected chi connectivity index (χ2v) is 5.47. The van der Waals surface area contributed by atoms with Gasteiger partial charge in [0.2, 0.25) is 0 Å². The van der Waals surface area contributed by atoms with E-state index in [1.54, 1.807) is 34.0 Å². The highest BCUT2D eigenvalue weighted by atomic mass is 32.1. The third-order valence-electron chi connectivity index (χ3n) is 2.15. The summed E-state index contributed by atoms with van der Waals surface area (Å²) in [5, 5.41) is 8.51. The van der Waals surface area contributed by atoms with Gasteiger partial charge < -0.3 is 0 Å². The van der Waals surface area contributed by atoms with E-state index in [0.29, 0.717) is 0 Å². The smallest absolute Gasteiger partial charge is 0.0899 e. The molecule has 1 nitrogen and oxygen atoms in total. The molecule has 0 radical (unpaired) electrons. The Kier molecular flexibility index (Phi) is 2.40. The number of rotatable bonds is 2. The van der Waals surface area contributed by atoms with Crippen LogP contribution in [0.5, 0.6) is 0 Å². The molecule has 15 heavy (non-hydrogen) atoms. The Morgan fingerprint density at radius 3 is 2.33 bits per heavy atom. The zero-order valence-electron chi connectivity index (χ0n) is 7.71. The zero-order chi connectivity index (χ0) is 10.1. The Labute approximate surface area is 99.7 Å². The van der Waals surface area contributed by atoms with Gasteiger partial charge in [-0.25, -0.2) is 4.98 Å². The lowest BCUT2D eigenvalue weighted by Gasteiger charge is -1.96. The molecule has 74 valence electrons. The quantitative estimate of drug-likeness (QED) is 0.647. The topological polar surface area (TPSA) is 12.9 Å². The maximum absolute atomic E-state index is 4.44. The predicted octanol–water partition coefficient (Wildman–Crippen LogP) is 4.60. The maximum Gasteiger partial charge on any atom is 0.0899 e. The van der Waals surface area contributed by atoms with E-state index in [1.807, 2.05) is 5.51 Å². The van der Waals surface area contributed by atoms with Crippen molar-refractivity contribution in [1.82, 2.24) is 4.98 Å². The van der Waals surface area contributed by atoms with Crippen molar-refractivity contribution in [2.24, 2.45) is 0 Å². The van der Waals surface area contributed by atoms with Gasteiger partial charge in [-0.2, -0.15) is 22.7 Å². The summed E-state index contributed by atoms with van der Waals surface area (Å²) in [6, 6.07) is 4.27. The largest absolute Gasteiger partial charge is 0.244 e. The molecule has 0 amide bonds. The number of aromatic nitrogens is 1. The Bertz CT molecular complexity index is 485. The molecule has 0 atom stereocenters. The van der Waals surface area contributed by atoms with Crippen molar-refractivity contribution < 1.29 is 0 Å². The van der Waals surface area contributed by atoms with E-state index in [1.165, 1.54) is 16.0 Å². The molecular formula is C11H7NS3. The van der Waals surface area contributed by atoms with Gasteiger partial charge in [0.25, 0.3) is 0 Å². The Morgan fingerprint density at radius 2 is 1.67 bits per heavy atom. The fourth-order valence-corrected chi connectivity index (χ4v) is 3.62. The molecule has 0 unspecified atom stereocenters. The summed E-state index contributed by atoms with van der Waals surface area (Å²) >= 11 is 5.14. The second kappa shape index (κ2) is 3.89. The van der Waals surface area contributed by atoms with Crippen molar-refractivity contribution in [3.05, 3.63) is 39.2 Å². The summed E-state index contributed by atoms with van der Waals surface area (Å²) < 4.78 is 0. The highest BCUT2D eigenvalue weighted by Gasteiger charge is 2.10. The minimum atomic E-state index is 1.11. The Balaban J connectivity index is 2.15. The van der Waals surface area contributed by atoms with E-state index in [-0.39, 0.29) is 0 Å². The molecule has 0 saturated heterocycles. The third-order valence-corrected chi connectivity index (χ3v) is 4.39. The monoisotopic (exact) mass is 249 g/mol. The number of hydrogen-bond donors (Lipinski definition) is 0. The average molecular weight is 249 g/mol. The average Bonchev–Trinajstić information content (AvgIpc) is 3.01. The van der Waals surface area contributed by atoms with Crippen molar-refractivity contribution in [3.63, 3.8) is 0 Å². The predicted molar refractivity (Wildman–Crippen MR) is 68.7 cm³/mol. The van der Waals surface area contributed by atoms with Crippen LogP contribution in [0.25, 0.3) is 21.7 Å². The maximum atomic E-state index is 4.44. The number of thiazole rings is 1. The lowest BCUT2D eigenvalue weighted by Crippen LogP contribution is -1.76. The van der Waals surface area contributed by atoms with Gasteiger partial charge in [0, 0.05) is 16.5 Å². The van der Waals surface area contributed by atoms with E-state index in [2.05, 4.69) is 38.6 Å². The summed E-state index contributed by atoms with van der Waals surface area (Å²) in [6.07, 6.45) is 0. The highest BCUT2D eigenvalue weighted by Crippen LogP contribution is 2.36.